The van der Waals surface area contributed by atoms with Crippen molar-refractivity contribution in [2.24, 2.45) is 0 Å². The Morgan fingerprint density at radius 3 is 1.67 bits per heavy atom. The minimum atomic E-state index is -0.833. The van der Waals surface area contributed by atoms with Gasteiger partial charge in [-0.1, -0.05) is 0 Å². The van der Waals surface area contributed by atoms with E-state index in [9.17, 15) is 0 Å². The monoisotopic (exact) mass is 218 g/mol. The van der Waals surface area contributed by atoms with Crippen molar-refractivity contribution in [2.75, 3.05) is 0 Å². The Labute approximate surface area is 69.4 Å². The van der Waals surface area contributed by atoms with Crippen LogP contribution < -0.4 is 0 Å². The molecule has 0 aromatic heterocycles. The summed E-state index contributed by atoms with van der Waals surface area (Å²) in [6.07, 6.45) is 0. The van der Waals surface area contributed by atoms with Gasteiger partial charge in [-0.25, -0.2) is 0 Å². The van der Waals surface area contributed by atoms with Gasteiger partial charge in [0.15, 0.2) is 0 Å². The van der Waals surface area contributed by atoms with Crippen molar-refractivity contribution in [1.82, 2.24) is 0 Å². The van der Waals surface area contributed by atoms with E-state index in [1.807, 2.05) is 0 Å². The summed E-state index contributed by atoms with van der Waals surface area (Å²) in [6.45, 7) is 1.08. The minimum absolute atomic E-state index is 0. The Hall–Kier alpha value is 0.807. The topological polar surface area (TPSA) is 68.8 Å². The smallest absolute Gasteiger partial charge is 0.300 e. The molecule has 0 aliphatic carbocycles. The average molecular weight is 218 g/mol. The van der Waals surface area contributed by atoms with Crippen LogP contribution in [0.15, 0.2) is 0 Å². The van der Waals surface area contributed by atoms with Crippen LogP contribution in [0.5, 0.6) is 0 Å². The maximum atomic E-state index is 9.00. The molecule has 0 heterocycles. The molecule has 0 atom stereocenters. The Bertz CT molecular complexity index is 31.8. The maximum Gasteiger partial charge on any atom is 0.300 e. The first-order valence-electron chi connectivity index (χ1n) is 0.928. The molecule has 0 amide bonds. The number of carbonyl (C=O) groups is 1. The molecule has 0 aromatic carbocycles. The summed E-state index contributed by atoms with van der Waals surface area (Å²) in [5.41, 5.74) is 0. The summed E-state index contributed by atoms with van der Waals surface area (Å²) in [5, 5.41) is 7.42. The second-order valence-electron chi connectivity index (χ2n) is 0.519. The summed E-state index contributed by atoms with van der Waals surface area (Å²) in [5.74, 6) is -0.833. The number of rotatable bonds is 0. The quantitative estimate of drug-likeness (QED) is 0.582. The normalized spacial score (nSPS) is 4.17. The van der Waals surface area contributed by atoms with Gasteiger partial charge in [-0.05, 0) is 0 Å². The fraction of sp³-hybridized carbons (Fsp3) is 0.500. The first-order chi connectivity index (χ1) is 1.73. The molecule has 0 spiro atoms. The molecule has 0 rings (SSSR count). The Kier molecular flexibility index (Phi) is 24.4. The van der Waals surface area contributed by atoms with Gasteiger partial charge in [-0.3, -0.25) is 4.79 Å². The SMILES string of the molecule is CC(=O)O.O.[Ce]. The molecule has 0 aliphatic heterocycles. The minimum Gasteiger partial charge on any atom is -0.481 e. The zero-order valence-electron chi connectivity index (χ0n) is 3.36. The Balaban J connectivity index is -0.0000000450. The van der Waals surface area contributed by atoms with E-state index < -0.39 is 5.97 Å². The zero-order valence-corrected chi connectivity index (χ0v) is 6.50. The summed E-state index contributed by atoms with van der Waals surface area (Å²) < 4.78 is 0. The van der Waals surface area contributed by atoms with Crippen molar-refractivity contribution < 1.29 is 57.1 Å². The van der Waals surface area contributed by atoms with Gasteiger partial charge < -0.3 is 10.6 Å². The van der Waals surface area contributed by atoms with E-state index in [0.29, 0.717) is 0 Å². The first kappa shape index (κ1) is 15.8. The van der Waals surface area contributed by atoms with Gasteiger partial charge >= 0.3 is 0 Å². The second-order valence-corrected chi connectivity index (χ2v) is 0.519. The van der Waals surface area contributed by atoms with E-state index in [1.165, 1.54) is 0 Å². The van der Waals surface area contributed by atoms with Gasteiger partial charge in [-0.2, -0.15) is 0 Å². The molecule has 3 N–H and O–H groups in total. The van der Waals surface area contributed by atoms with Crippen molar-refractivity contribution in [3.63, 3.8) is 0 Å². The molecule has 0 bridgehead atoms. The molecule has 3 nitrogen and oxygen atoms in total. The predicted molar refractivity (Wildman–Crippen MR) is 16.9 cm³/mol. The summed E-state index contributed by atoms with van der Waals surface area (Å²) in [6, 6.07) is 0. The van der Waals surface area contributed by atoms with Crippen molar-refractivity contribution in [1.29, 1.82) is 0 Å². The number of carboxylic acid groups (broad SMARTS) is 1. The van der Waals surface area contributed by atoms with E-state index in [4.69, 9.17) is 9.90 Å². The standard InChI is InChI=1S/C2H4O2.Ce.H2O/c1-2(3)4;;/h1H3,(H,3,4);;1H2. The summed E-state index contributed by atoms with van der Waals surface area (Å²) in [7, 11) is 0. The molecule has 0 aliphatic rings. The molecule has 0 unspecified atom stereocenters. The van der Waals surface area contributed by atoms with E-state index in [0.717, 1.165) is 6.92 Å². The number of hydrogen-bond acceptors (Lipinski definition) is 1. The van der Waals surface area contributed by atoms with Gasteiger partial charge in [0.2, 0.25) is 0 Å². The van der Waals surface area contributed by atoms with E-state index >= 15 is 0 Å². The molecule has 0 aromatic rings. The third-order valence-electron chi connectivity index (χ3n) is 0. The van der Waals surface area contributed by atoms with Crippen molar-refractivity contribution in [3.05, 3.63) is 0 Å². The maximum absolute atomic E-state index is 9.00. The van der Waals surface area contributed by atoms with Crippen molar-refractivity contribution in [2.45, 2.75) is 6.92 Å². The van der Waals surface area contributed by atoms with Crippen LogP contribution in [0.3, 0.4) is 0 Å². The van der Waals surface area contributed by atoms with Crippen LogP contribution in [0.2, 0.25) is 0 Å². The summed E-state index contributed by atoms with van der Waals surface area (Å²) >= 11 is 0. The van der Waals surface area contributed by atoms with Crippen molar-refractivity contribution in [3.8, 4) is 0 Å². The molecular formula is C2H6CeO3. The van der Waals surface area contributed by atoms with Crippen LogP contribution >= 0.6 is 0 Å². The molecular weight excluding hydrogens is 212 g/mol. The zero-order chi connectivity index (χ0) is 3.58. The molecule has 0 saturated heterocycles. The van der Waals surface area contributed by atoms with Crippen LogP contribution in [-0.2, 0) is 4.79 Å². The first-order valence-corrected chi connectivity index (χ1v) is 0.928. The second kappa shape index (κ2) is 9.26. The number of aliphatic carboxylic acids is 1. The molecule has 0 radical (unpaired) electrons. The van der Waals surface area contributed by atoms with E-state index in [2.05, 4.69) is 0 Å². The average Bonchev–Trinajstić information content (AvgIpc) is 0.811. The Morgan fingerprint density at radius 2 is 1.67 bits per heavy atom. The van der Waals surface area contributed by atoms with Gasteiger partial charge in [0.25, 0.3) is 5.97 Å². The number of carboxylic acids is 1. The predicted octanol–water partition coefficient (Wildman–Crippen LogP) is -0.734. The van der Waals surface area contributed by atoms with Crippen LogP contribution in [0.1, 0.15) is 6.92 Å². The van der Waals surface area contributed by atoms with Gasteiger partial charge in [0, 0.05) is 48.7 Å². The van der Waals surface area contributed by atoms with E-state index in [1.54, 1.807) is 0 Å². The number of hydrogen-bond donors (Lipinski definition) is 1. The van der Waals surface area contributed by atoms with Crippen LogP contribution in [0, 0.1) is 41.7 Å². The molecule has 36 valence electrons. The molecule has 0 saturated carbocycles. The summed E-state index contributed by atoms with van der Waals surface area (Å²) in [4.78, 5) is 9.00. The largest absolute Gasteiger partial charge is 0.481 e. The molecule has 0 fully saturated rings. The fourth-order valence-corrected chi connectivity index (χ4v) is 0. The fourth-order valence-electron chi connectivity index (χ4n) is 0. The molecule has 4 heteroatoms. The van der Waals surface area contributed by atoms with Gasteiger partial charge in [0.05, 0.1) is 0 Å². The van der Waals surface area contributed by atoms with E-state index in [-0.39, 0.29) is 47.2 Å². The van der Waals surface area contributed by atoms with Crippen LogP contribution in [0.25, 0.3) is 0 Å². The van der Waals surface area contributed by atoms with Crippen LogP contribution in [-0.4, -0.2) is 16.6 Å². The van der Waals surface area contributed by atoms with Crippen LogP contribution in [0.4, 0.5) is 0 Å². The van der Waals surface area contributed by atoms with Gasteiger partial charge in [-0.15, -0.1) is 0 Å². The molecule has 6 heavy (non-hydrogen) atoms. The van der Waals surface area contributed by atoms with Crippen molar-refractivity contribution >= 4 is 5.97 Å². The third-order valence-corrected chi connectivity index (χ3v) is 0. The Morgan fingerprint density at radius 1 is 1.67 bits per heavy atom. The van der Waals surface area contributed by atoms with Gasteiger partial charge in [0.1, 0.15) is 0 Å². The third kappa shape index (κ3) is 107.